The van der Waals surface area contributed by atoms with E-state index in [1.54, 1.807) is 0 Å². The number of nitrogens with zero attached hydrogens (tertiary/aromatic N) is 6. The minimum atomic E-state index is 0.341. The van der Waals surface area contributed by atoms with Gasteiger partial charge in [-0.15, -0.1) is 0 Å². The molecule has 0 aliphatic rings. The molecule has 17 aromatic rings. The van der Waals surface area contributed by atoms with Crippen molar-refractivity contribution >= 4 is 120 Å². The molecule has 0 unspecified atom stereocenters. The van der Waals surface area contributed by atoms with Gasteiger partial charge in [-0.2, -0.15) is 10.5 Å². The van der Waals surface area contributed by atoms with Crippen LogP contribution in [0.4, 0.5) is 0 Å². The van der Waals surface area contributed by atoms with Gasteiger partial charge in [-0.1, -0.05) is 182 Å². The third-order valence-corrected chi connectivity index (χ3v) is 16.6. The monoisotopic (exact) mass is 1000 g/mol. The first-order valence-corrected chi connectivity index (χ1v) is 26.6. The lowest BCUT2D eigenvalue weighted by Crippen LogP contribution is -2.17. The van der Waals surface area contributed by atoms with E-state index in [1.165, 1.54) is 0 Å². The Morgan fingerprint density at radius 2 is 0.696 bits per heavy atom. The summed E-state index contributed by atoms with van der Waals surface area (Å²) in [6, 6.07) is 90.7. The summed E-state index contributed by atoms with van der Waals surface area (Å²) in [6.45, 7) is 0. The van der Waals surface area contributed by atoms with Gasteiger partial charge in [0, 0.05) is 53.9 Å². The summed E-state index contributed by atoms with van der Waals surface area (Å²) in [5, 5.41) is 37.6. The van der Waals surface area contributed by atoms with Crippen molar-refractivity contribution in [3.8, 4) is 46.0 Å². The van der Waals surface area contributed by atoms with Gasteiger partial charge in [0.05, 0.1) is 66.9 Å². The van der Waals surface area contributed by atoms with Gasteiger partial charge in [0.25, 0.3) is 0 Å². The van der Waals surface area contributed by atoms with Gasteiger partial charge in [0.1, 0.15) is 28.8 Å². The van der Waals surface area contributed by atoms with Crippen LogP contribution in [0.15, 0.2) is 247 Å². The van der Waals surface area contributed by atoms with E-state index in [9.17, 15) is 10.5 Å². The van der Waals surface area contributed by atoms with Crippen molar-refractivity contribution in [3.63, 3.8) is 0 Å². The predicted octanol–water partition coefficient (Wildman–Crippen LogP) is 18.5. The Bertz CT molecular complexity index is 5290. The summed E-state index contributed by atoms with van der Waals surface area (Å²) in [5.74, 6) is 0. The highest BCUT2D eigenvalue weighted by molar-refractivity contribution is 6.23. The minimum Gasteiger partial charge on any atom is -0.454 e. The van der Waals surface area contributed by atoms with Crippen molar-refractivity contribution in [3.05, 3.63) is 254 Å². The first-order chi connectivity index (χ1) is 39.2. The summed E-state index contributed by atoms with van der Waals surface area (Å²) in [6.07, 6.45) is 0. The molecule has 0 bridgehead atoms. The van der Waals surface area contributed by atoms with Crippen LogP contribution in [0.5, 0.6) is 0 Å². The molecule has 17 rings (SSSR count). The first-order valence-electron chi connectivity index (χ1n) is 26.6. The van der Waals surface area contributed by atoms with Crippen molar-refractivity contribution in [2.45, 2.75) is 0 Å². The number of benzene rings is 12. The van der Waals surface area contributed by atoms with Gasteiger partial charge in [-0.05, 0) is 82.6 Å². The summed E-state index contributed by atoms with van der Waals surface area (Å²) >= 11 is 0. The molecular formula is C72H40N6O. The van der Waals surface area contributed by atoms with Gasteiger partial charge < -0.3 is 22.7 Å². The first kappa shape index (κ1) is 43.2. The summed E-state index contributed by atoms with van der Waals surface area (Å²) < 4.78 is 16.3. The van der Waals surface area contributed by atoms with Gasteiger partial charge in [-0.3, -0.25) is 0 Å². The third-order valence-electron chi connectivity index (χ3n) is 16.6. The van der Waals surface area contributed by atoms with Crippen molar-refractivity contribution in [2.75, 3.05) is 0 Å². The molecule has 0 radical (unpaired) electrons. The van der Waals surface area contributed by atoms with E-state index >= 15 is 0 Å². The Morgan fingerprint density at radius 1 is 0.291 bits per heavy atom. The molecule has 0 aliphatic carbocycles. The Morgan fingerprint density at radius 3 is 1.20 bits per heavy atom. The molecule has 5 aromatic heterocycles. The fourth-order valence-electron chi connectivity index (χ4n) is 13.4. The van der Waals surface area contributed by atoms with E-state index in [1.807, 2.05) is 24.3 Å². The summed E-state index contributed by atoms with van der Waals surface area (Å²) in [4.78, 5) is 0. The smallest absolute Gasteiger partial charge is 0.160 e. The summed E-state index contributed by atoms with van der Waals surface area (Å²) in [5.41, 5.74) is 13.9. The average molecular weight is 1010 g/mol. The summed E-state index contributed by atoms with van der Waals surface area (Å²) in [7, 11) is 0. The van der Waals surface area contributed by atoms with Crippen LogP contribution < -0.4 is 0 Å². The predicted molar refractivity (Wildman–Crippen MR) is 323 cm³/mol. The highest BCUT2D eigenvalue weighted by Crippen LogP contribution is 2.51. The number of hydrogen-bond acceptors (Lipinski definition) is 3. The number of nitriles is 2. The molecule has 364 valence electrons. The zero-order valence-electron chi connectivity index (χ0n) is 42.2. The van der Waals surface area contributed by atoms with E-state index < -0.39 is 0 Å². The second kappa shape index (κ2) is 16.2. The van der Waals surface area contributed by atoms with E-state index in [0.717, 1.165) is 125 Å². The van der Waals surface area contributed by atoms with E-state index in [0.29, 0.717) is 39.5 Å². The molecule has 0 saturated carbocycles. The molecular weight excluding hydrogens is 965 g/mol. The molecule has 0 N–H and O–H groups in total. The molecule has 7 heteroatoms. The van der Waals surface area contributed by atoms with Crippen LogP contribution in [0.2, 0.25) is 0 Å². The molecule has 0 saturated heterocycles. The fourth-order valence-corrected chi connectivity index (χ4v) is 13.4. The molecule has 7 nitrogen and oxygen atoms in total. The largest absolute Gasteiger partial charge is 0.454 e. The molecule has 0 spiro atoms. The van der Waals surface area contributed by atoms with Gasteiger partial charge in [0.2, 0.25) is 0 Å². The van der Waals surface area contributed by atoms with Crippen LogP contribution in [0, 0.1) is 22.7 Å². The maximum Gasteiger partial charge on any atom is 0.160 e. The number of hydrogen-bond donors (Lipinski definition) is 0. The molecule has 0 aliphatic heterocycles. The second-order valence-corrected chi connectivity index (χ2v) is 20.5. The van der Waals surface area contributed by atoms with Gasteiger partial charge in [0.15, 0.2) is 5.58 Å². The van der Waals surface area contributed by atoms with Crippen LogP contribution in [-0.4, -0.2) is 18.3 Å². The Kier molecular flexibility index (Phi) is 8.85. The molecule has 12 aromatic carbocycles. The van der Waals surface area contributed by atoms with Gasteiger partial charge in [-0.25, -0.2) is 0 Å². The Labute approximate surface area is 450 Å². The fraction of sp³-hybridized carbons (Fsp3) is 0. The highest BCUT2D eigenvalue weighted by Gasteiger charge is 2.35. The quantitative estimate of drug-likeness (QED) is 0.172. The minimum absolute atomic E-state index is 0.341. The standard InChI is InChI=1S/C72H40N6O/c73-41-57-67(75-59-29-10-3-21-47(59)48-22-4-11-30-60(48)75)58(42-74)69(77-63-33-14-7-25-51(63)52-26-8-15-34-64(52)77)71(68(57)76-61-31-12-5-23-49(61)50-24-6-13-32-62(50)76)78-65-39-36-44(46-28-17-19-43-18-1-2-20-45(43)46)40-56(65)54-37-38-55-53-27-9-16-35-66(53)79-72(55)70(54)78/h1-40H. The van der Waals surface area contributed by atoms with Crippen molar-refractivity contribution < 1.29 is 4.42 Å². The van der Waals surface area contributed by atoms with Crippen LogP contribution in [-0.2, 0) is 0 Å². The van der Waals surface area contributed by atoms with Crippen LogP contribution in [0.1, 0.15) is 11.1 Å². The molecule has 5 heterocycles. The lowest BCUT2D eigenvalue weighted by atomic mass is 9.97. The van der Waals surface area contributed by atoms with Crippen LogP contribution >= 0.6 is 0 Å². The number of aromatic nitrogens is 4. The SMILES string of the molecule is N#Cc1c(-n2c3ccccc3c3ccccc32)c(C#N)c(-n2c3ccccc3c3ccccc32)c(-n2c3ccc(-c4cccc5ccccc45)cc3c3ccc4c5ccccc5oc4c32)c1-n1c2ccccc2c2ccccc21. The Balaban J connectivity index is 1.18. The third kappa shape index (κ3) is 5.77. The number of furan rings is 1. The second-order valence-electron chi connectivity index (χ2n) is 20.5. The van der Waals surface area contributed by atoms with E-state index in [-0.39, 0.29) is 0 Å². The zero-order valence-corrected chi connectivity index (χ0v) is 42.2. The van der Waals surface area contributed by atoms with Crippen LogP contribution in [0.25, 0.3) is 154 Å². The maximum absolute atomic E-state index is 12.6. The lowest BCUT2D eigenvalue weighted by Gasteiger charge is -2.27. The normalized spacial score (nSPS) is 12.0. The zero-order chi connectivity index (χ0) is 52.0. The number of rotatable bonds is 5. The molecule has 79 heavy (non-hydrogen) atoms. The van der Waals surface area contributed by atoms with Gasteiger partial charge >= 0.3 is 0 Å². The van der Waals surface area contributed by atoms with Crippen LogP contribution in [0.3, 0.4) is 0 Å². The number of fused-ring (bicyclic) bond motifs is 17. The average Bonchev–Trinajstić information content (AvgIpc) is 3.58. The van der Waals surface area contributed by atoms with Crippen molar-refractivity contribution in [2.24, 2.45) is 0 Å². The molecule has 0 fully saturated rings. The topological polar surface area (TPSA) is 80.4 Å². The van der Waals surface area contributed by atoms with E-state index in [4.69, 9.17) is 4.42 Å². The lowest BCUT2D eigenvalue weighted by molar-refractivity contribution is 0.671. The van der Waals surface area contributed by atoms with E-state index in [2.05, 4.69) is 249 Å². The van der Waals surface area contributed by atoms with Crippen molar-refractivity contribution in [1.82, 2.24) is 18.3 Å². The maximum atomic E-state index is 12.6. The highest BCUT2D eigenvalue weighted by atomic mass is 16.3. The Hall–Kier alpha value is -11.1. The number of para-hydroxylation sites is 7. The van der Waals surface area contributed by atoms with Crippen molar-refractivity contribution in [1.29, 1.82) is 10.5 Å². The molecule has 0 atom stereocenters. The molecule has 0 amide bonds.